The van der Waals surface area contributed by atoms with Gasteiger partial charge in [0.2, 0.25) is 5.91 Å². The smallest absolute Gasteiger partial charge is 0.226 e. The fraction of sp³-hybridized carbons (Fsp3) is 0.933. The highest BCUT2D eigenvalue weighted by Gasteiger charge is 2.40. The fourth-order valence-electron chi connectivity index (χ4n) is 3.27. The number of carbonyl (C=O) groups excluding carboxylic acids is 1. The number of hydrogen-bond donors (Lipinski definition) is 0. The first-order chi connectivity index (χ1) is 8.42. The minimum absolute atomic E-state index is 0.156. The summed E-state index contributed by atoms with van der Waals surface area (Å²) >= 11 is 0. The van der Waals surface area contributed by atoms with Crippen molar-refractivity contribution in [2.24, 2.45) is 11.8 Å². The molecule has 0 aromatic heterocycles. The van der Waals surface area contributed by atoms with Gasteiger partial charge in [0.05, 0.1) is 18.2 Å². The van der Waals surface area contributed by atoms with E-state index in [0.29, 0.717) is 18.4 Å². The molecule has 0 spiro atoms. The van der Waals surface area contributed by atoms with E-state index in [4.69, 9.17) is 4.74 Å². The van der Waals surface area contributed by atoms with Gasteiger partial charge in [-0.15, -0.1) is 0 Å². The van der Waals surface area contributed by atoms with E-state index >= 15 is 0 Å². The molecule has 1 aliphatic carbocycles. The lowest BCUT2D eigenvalue weighted by atomic mass is 9.89. The minimum Gasteiger partial charge on any atom is -0.374 e. The molecule has 1 aliphatic heterocycles. The first-order valence-corrected chi connectivity index (χ1v) is 7.35. The molecule has 0 radical (unpaired) electrons. The number of nitrogens with zero attached hydrogens (tertiary/aromatic N) is 1. The largest absolute Gasteiger partial charge is 0.374 e. The average Bonchev–Trinajstić information content (AvgIpc) is 2.84. The Kier molecular flexibility index (Phi) is 4.00. The summed E-state index contributed by atoms with van der Waals surface area (Å²) in [5.41, 5.74) is -0.156. The van der Waals surface area contributed by atoms with Crippen molar-refractivity contribution in [2.45, 2.75) is 65.0 Å². The summed E-state index contributed by atoms with van der Waals surface area (Å²) in [6.45, 7) is 9.78. The van der Waals surface area contributed by atoms with Gasteiger partial charge >= 0.3 is 0 Å². The van der Waals surface area contributed by atoms with Crippen LogP contribution in [-0.4, -0.2) is 35.6 Å². The molecule has 0 N–H and O–H groups in total. The van der Waals surface area contributed by atoms with Crippen molar-refractivity contribution in [3.05, 3.63) is 0 Å². The van der Waals surface area contributed by atoms with E-state index < -0.39 is 0 Å². The van der Waals surface area contributed by atoms with Gasteiger partial charge in [-0.2, -0.15) is 0 Å². The van der Waals surface area contributed by atoms with Gasteiger partial charge in [-0.1, -0.05) is 19.8 Å². The first kappa shape index (κ1) is 13.9. The Morgan fingerprint density at radius 2 is 1.94 bits per heavy atom. The molecule has 3 heteroatoms. The highest BCUT2D eigenvalue weighted by atomic mass is 16.5. The monoisotopic (exact) mass is 253 g/mol. The molecule has 3 nitrogen and oxygen atoms in total. The molecule has 0 bridgehead atoms. The highest BCUT2D eigenvalue weighted by molar-refractivity contribution is 5.79. The third-order valence-electron chi connectivity index (χ3n) is 4.65. The van der Waals surface area contributed by atoms with E-state index in [2.05, 4.69) is 32.6 Å². The van der Waals surface area contributed by atoms with Crippen molar-refractivity contribution < 1.29 is 9.53 Å². The summed E-state index contributed by atoms with van der Waals surface area (Å²) in [7, 11) is 0. The van der Waals surface area contributed by atoms with Crippen molar-refractivity contribution in [2.75, 3.05) is 13.2 Å². The van der Waals surface area contributed by atoms with Crippen LogP contribution in [0.25, 0.3) is 0 Å². The van der Waals surface area contributed by atoms with Crippen molar-refractivity contribution in [3.8, 4) is 0 Å². The predicted octanol–water partition coefficient (Wildman–Crippen LogP) is 2.84. The van der Waals surface area contributed by atoms with Crippen LogP contribution in [0.5, 0.6) is 0 Å². The van der Waals surface area contributed by atoms with Crippen LogP contribution in [0.2, 0.25) is 0 Å². The Morgan fingerprint density at radius 3 is 2.56 bits per heavy atom. The quantitative estimate of drug-likeness (QED) is 0.757. The summed E-state index contributed by atoms with van der Waals surface area (Å²) in [6, 6.07) is 0. The lowest BCUT2D eigenvalue weighted by molar-refractivity contribution is -0.158. The molecule has 0 aromatic rings. The number of ether oxygens (including phenoxy) is 1. The van der Waals surface area contributed by atoms with Gasteiger partial charge in [0.15, 0.2) is 0 Å². The molecule has 2 unspecified atom stereocenters. The lowest BCUT2D eigenvalue weighted by Gasteiger charge is -2.46. The van der Waals surface area contributed by atoms with Gasteiger partial charge in [-0.3, -0.25) is 4.79 Å². The third-order valence-corrected chi connectivity index (χ3v) is 4.65. The van der Waals surface area contributed by atoms with Crippen LogP contribution < -0.4 is 0 Å². The molecule has 1 amide bonds. The SMILES string of the molecule is CC1CN(C(=O)C(C)C2CCCC2)C(C)(C)CO1. The summed E-state index contributed by atoms with van der Waals surface area (Å²) in [4.78, 5) is 14.8. The van der Waals surface area contributed by atoms with Gasteiger partial charge in [-0.05, 0) is 39.5 Å². The summed E-state index contributed by atoms with van der Waals surface area (Å²) in [5, 5.41) is 0. The topological polar surface area (TPSA) is 29.5 Å². The Labute approximate surface area is 111 Å². The molecule has 2 fully saturated rings. The summed E-state index contributed by atoms with van der Waals surface area (Å²) < 4.78 is 5.68. The number of amides is 1. The zero-order chi connectivity index (χ0) is 13.3. The van der Waals surface area contributed by atoms with Crippen molar-refractivity contribution in [3.63, 3.8) is 0 Å². The average molecular weight is 253 g/mol. The van der Waals surface area contributed by atoms with E-state index in [1.807, 2.05) is 0 Å². The van der Waals surface area contributed by atoms with Gasteiger partial charge < -0.3 is 9.64 Å². The molecule has 2 atom stereocenters. The molecule has 2 rings (SSSR count). The van der Waals surface area contributed by atoms with Crippen LogP contribution in [-0.2, 0) is 9.53 Å². The van der Waals surface area contributed by atoms with Crippen molar-refractivity contribution in [1.29, 1.82) is 0 Å². The summed E-state index contributed by atoms with van der Waals surface area (Å²) in [6.07, 6.45) is 5.22. The van der Waals surface area contributed by atoms with Crippen LogP contribution in [0.4, 0.5) is 0 Å². The molecular weight excluding hydrogens is 226 g/mol. The normalized spacial score (nSPS) is 30.4. The maximum absolute atomic E-state index is 12.7. The second-order valence-corrected chi connectivity index (χ2v) is 6.72. The van der Waals surface area contributed by atoms with E-state index in [-0.39, 0.29) is 17.6 Å². The van der Waals surface area contributed by atoms with Crippen LogP contribution in [0, 0.1) is 11.8 Å². The zero-order valence-corrected chi connectivity index (χ0v) is 12.2. The van der Waals surface area contributed by atoms with E-state index in [1.165, 1.54) is 25.7 Å². The molecular formula is C15H27NO2. The zero-order valence-electron chi connectivity index (χ0n) is 12.2. The summed E-state index contributed by atoms with van der Waals surface area (Å²) in [5.74, 6) is 1.12. The highest BCUT2D eigenvalue weighted by Crippen LogP contribution is 2.34. The lowest BCUT2D eigenvalue weighted by Crippen LogP contribution is -2.59. The van der Waals surface area contributed by atoms with Crippen molar-refractivity contribution >= 4 is 5.91 Å². The maximum atomic E-state index is 12.7. The van der Waals surface area contributed by atoms with E-state index in [0.717, 1.165) is 6.54 Å². The fourth-order valence-corrected chi connectivity index (χ4v) is 3.27. The second kappa shape index (κ2) is 5.20. The predicted molar refractivity (Wildman–Crippen MR) is 72.3 cm³/mol. The molecule has 0 aromatic carbocycles. The van der Waals surface area contributed by atoms with Crippen molar-refractivity contribution in [1.82, 2.24) is 4.90 Å². The molecule has 2 aliphatic rings. The molecule has 1 saturated carbocycles. The molecule has 1 saturated heterocycles. The Hall–Kier alpha value is -0.570. The standard InChI is InChI=1S/C15H27NO2/c1-11-9-16(15(3,4)10-18-11)14(17)12(2)13-7-5-6-8-13/h11-13H,5-10H2,1-4H3. The number of morpholine rings is 1. The minimum atomic E-state index is -0.156. The Bertz CT molecular complexity index is 308. The Morgan fingerprint density at radius 1 is 1.33 bits per heavy atom. The molecule has 104 valence electrons. The van der Waals surface area contributed by atoms with Gasteiger partial charge in [0.25, 0.3) is 0 Å². The molecule has 1 heterocycles. The number of rotatable bonds is 2. The Balaban J connectivity index is 2.05. The van der Waals surface area contributed by atoms with Crippen LogP contribution in [0.1, 0.15) is 53.4 Å². The third kappa shape index (κ3) is 2.71. The number of hydrogen-bond acceptors (Lipinski definition) is 2. The number of carbonyl (C=O) groups is 1. The van der Waals surface area contributed by atoms with Gasteiger partial charge in [0.1, 0.15) is 0 Å². The maximum Gasteiger partial charge on any atom is 0.226 e. The van der Waals surface area contributed by atoms with Gasteiger partial charge in [0, 0.05) is 12.5 Å². The van der Waals surface area contributed by atoms with E-state index in [9.17, 15) is 4.79 Å². The molecule has 18 heavy (non-hydrogen) atoms. The first-order valence-electron chi connectivity index (χ1n) is 7.35. The second-order valence-electron chi connectivity index (χ2n) is 6.72. The van der Waals surface area contributed by atoms with E-state index in [1.54, 1.807) is 0 Å². The van der Waals surface area contributed by atoms with Crippen LogP contribution >= 0.6 is 0 Å². The van der Waals surface area contributed by atoms with Gasteiger partial charge in [-0.25, -0.2) is 0 Å². The van der Waals surface area contributed by atoms with Crippen LogP contribution in [0.3, 0.4) is 0 Å². The van der Waals surface area contributed by atoms with Crippen LogP contribution in [0.15, 0.2) is 0 Å².